The van der Waals surface area contributed by atoms with Crippen molar-refractivity contribution in [1.82, 2.24) is 9.55 Å². The number of fused-ring (bicyclic) bond motifs is 1. The van der Waals surface area contributed by atoms with Crippen molar-refractivity contribution in [2.45, 2.75) is 18.4 Å². The molecular formula is C16H15BrN2S. The third-order valence-corrected chi connectivity index (χ3v) is 4.59. The molecule has 1 heterocycles. The number of hydrogen-bond donors (Lipinski definition) is 0. The third kappa shape index (κ3) is 2.50. The quantitative estimate of drug-likeness (QED) is 0.629. The van der Waals surface area contributed by atoms with E-state index >= 15 is 0 Å². The monoisotopic (exact) mass is 346 g/mol. The van der Waals surface area contributed by atoms with E-state index in [1.807, 2.05) is 6.07 Å². The highest BCUT2D eigenvalue weighted by Crippen LogP contribution is 2.31. The van der Waals surface area contributed by atoms with Gasteiger partial charge in [0, 0.05) is 15.9 Å². The molecule has 2 nitrogen and oxygen atoms in total. The Labute approximate surface area is 131 Å². The summed E-state index contributed by atoms with van der Waals surface area (Å²) in [5.41, 5.74) is 3.57. The fourth-order valence-corrected chi connectivity index (χ4v) is 3.58. The van der Waals surface area contributed by atoms with Crippen molar-refractivity contribution >= 4 is 38.7 Å². The van der Waals surface area contributed by atoms with Gasteiger partial charge >= 0.3 is 0 Å². The molecule has 4 heteroatoms. The van der Waals surface area contributed by atoms with Gasteiger partial charge in [-0.1, -0.05) is 46.3 Å². The molecule has 0 saturated heterocycles. The van der Waals surface area contributed by atoms with E-state index in [-0.39, 0.29) is 0 Å². The summed E-state index contributed by atoms with van der Waals surface area (Å²) in [5.74, 6) is 1.05. The second kappa shape index (κ2) is 5.62. The summed E-state index contributed by atoms with van der Waals surface area (Å²) >= 11 is 5.33. The molecular weight excluding hydrogens is 332 g/mol. The Bertz CT molecular complexity index is 750. The van der Waals surface area contributed by atoms with Crippen LogP contribution in [0.3, 0.4) is 0 Å². The van der Waals surface area contributed by atoms with Gasteiger partial charge in [0.25, 0.3) is 0 Å². The van der Waals surface area contributed by atoms with Crippen molar-refractivity contribution in [2.75, 3.05) is 6.26 Å². The number of halogens is 1. The second-order valence-corrected chi connectivity index (χ2v) is 6.47. The van der Waals surface area contributed by atoms with Crippen LogP contribution in [0, 0.1) is 6.92 Å². The van der Waals surface area contributed by atoms with Crippen LogP contribution in [0.2, 0.25) is 0 Å². The van der Waals surface area contributed by atoms with Crippen LogP contribution < -0.4 is 0 Å². The Morgan fingerprint density at radius 2 is 1.95 bits per heavy atom. The van der Waals surface area contributed by atoms with Crippen LogP contribution in [0.5, 0.6) is 0 Å². The molecule has 3 aromatic rings. The van der Waals surface area contributed by atoms with Crippen LogP contribution in [0.1, 0.15) is 11.4 Å². The van der Waals surface area contributed by atoms with Gasteiger partial charge in [0.05, 0.1) is 5.52 Å². The molecule has 2 aromatic carbocycles. The highest BCUT2D eigenvalue weighted by atomic mass is 79.9. The Kier molecular flexibility index (Phi) is 3.85. The lowest BCUT2D eigenvalue weighted by Crippen LogP contribution is -2.01. The lowest BCUT2D eigenvalue weighted by Gasteiger charge is -2.08. The standard InChI is InChI=1S/C16H15BrN2S/c1-11-18-16-14(8-13(17)9-15(16)20-2)19(11)10-12-6-4-3-5-7-12/h3-9H,10H2,1-2H3. The first kappa shape index (κ1) is 13.7. The van der Waals surface area contributed by atoms with Crippen LogP contribution in [-0.2, 0) is 6.54 Å². The predicted molar refractivity (Wildman–Crippen MR) is 89.5 cm³/mol. The largest absolute Gasteiger partial charge is 0.324 e. The van der Waals surface area contributed by atoms with E-state index in [0.29, 0.717) is 0 Å². The first-order chi connectivity index (χ1) is 9.69. The zero-order chi connectivity index (χ0) is 14.1. The maximum Gasteiger partial charge on any atom is 0.107 e. The van der Waals surface area contributed by atoms with E-state index in [1.54, 1.807) is 11.8 Å². The summed E-state index contributed by atoms with van der Waals surface area (Å²) in [5, 5.41) is 0. The number of benzene rings is 2. The molecule has 0 unspecified atom stereocenters. The molecule has 0 aliphatic rings. The first-order valence-electron chi connectivity index (χ1n) is 6.43. The van der Waals surface area contributed by atoms with Gasteiger partial charge in [-0.15, -0.1) is 11.8 Å². The Hall–Kier alpha value is -1.26. The van der Waals surface area contributed by atoms with Gasteiger partial charge in [0.15, 0.2) is 0 Å². The smallest absolute Gasteiger partial charge is 0.107 e. The molecule has 0 aliphatic carbocycles. The van der Waals surface area contributed by atoms with Crippen LogP contribution in [-0.4, -0.2) is 15.8 Å². The first-order valence-corrected chi connectivity index (χ1v) is 8.45. The van der Waals surface area contributed by atoms with Crippen molar-refractivity contribution in [1.29, 1.82) is 0 Å². The highest BCUT2D eigenvalue weighted by Gasteiger charge is 2.12. The van der Waals surface area contributed by atoms with Gasteiger partial charge in [0.1, 0.15) is 11.3 Å². The normalized spacial score (nSPS) is 11.2. The Morgan fingerprint density at radius 1 is 1.20 bits per heavy atom. The number of thioether (sulfide) groups is 1. The van der Waals surface area contributed by atoms with E-state index in [0.717, 1.165) is 22.4 Å². The van der Waals surface area contributed by atoms with Gasteiger partial charge in [0.2, 0.25) is 0 Å². The number of hydrogen-bond acceptors (Lipinski definition) is 2. The molecule has 0 aliphatic heterocycles. The fraction of sp³-hybridized carbons (Fsp3) is 0.188. The van der Waals surface area contributed by atoms with E-state index in [4.69, 9.17) is 4.98 Å². The maximum absolute atomic E-state index is 4.74. The Balaban J connectivity index is 2.15. The molecule has 0 radical (unpaired) electrons. The third-order valence-electron chi connectivity index (χ3n) is 3.38. The number of rotatable bonds is 3. The average molecular weight is 347 g/mol. The van der Waals surface area contributed by atoms with Gasteiger partial charge in [-0.2, -0.15) is 0 Å². The summed E-state index contributed by atoms with van der Waals surface area (Å²) in [6.07, 6.45) is 2.09. The number of aryl methyl sites for hydroxylation is 1. The molecule has 20 heavy (non-hydrogen) atoms. The van der Waals surface area contributed by atoms with Gasteiger partial charge in [-0.3, -0.25) is 0 Å². The molecule has 0 bridgehead atoms. The average Bonchev–Trinajstić information content (AvgIpc) is 2.76. The van der Waals surface area contributed by atoms with E-state index in [2.05, 4.69) is 70.1 Å². The fourth-order valence-electron chi connectivity index (χ4n) is 2.40. The minimum atomic E-state index is 0.855. The van der Waals surface area contributed by atoms with Crippen molar-refractivity contribution in [3.8, 4) is 0 Å². The van der Waals surface area contributed by atoms with Gasteiger partial charge < -0.3 is 4.57 Å². The van der Waals surface area contributed by atoms with Crippen molar-refractivity contribution in [3.05, 3.63) is 58.3 Å². The molecule has 1 aromatic heterocycles. The van der Waals surface area contributed by atoms with E-state index < -0.39 is 0 Å². The van der Waals surface area contributed by atoms with Crippen molar-refractivity contribution in [3.63, 3.8) is 0 Å². The van der Waals surface area contributed by atoms with E-state index in [1.165, 1.54) is 16.0 Å². The molecule has 0 fully saturated rings. The molecule has 0 atom stereocenters. The van der Waals surface area contributed by atoms with Gasteiger partial charge in [-0.05, 0) is 30.9 Å². The molecule has 0 N–H and O–H groups in total. The summed E-state index contributed by atoms with van der Waals surface area (Å²) in [6, 6.07) is 14.8. The molecule has 0 spiro atoms. The van der Waals surface area contributed by atoms with Crippen LogP contribution in [0.15, 0.2) is 51.8 Å². The van der Waals surface area contributed by atoms with Crippen LogP contribution in [0.25, 0.3) is 11.0 Å². The summed E-state index contributed by atoms with van der Waals surface area (Å²) in [7, 11) is 0. The summed E-state index contributed by atoms with van der Waals surface area (Å²) in [6.45, 7) is 2.92. The maximum atomic E-state index is 4.74. The number of imidazole rings is 1. The highest BCUT2D eigenvalue weighted by molar-refractivity contribution is 9.10. The second-order valence-electron chi connectivity index (χ2n) is 4.71. The minimum absolute atomic E-state index is 0.855. The van der Waals surface area contributed by atoms with Crippen LogP contribution in [0.4, 0.5) is 0 Å². The van der Waals surface area contributed by atoms with E-state index in [9.17, 15) is 0 Å². The minimum Gasteiger partial charge on any atom is -0.324 e. The summed E-state index contributed by atoms with van der Waals surface area (Å²) < 4.78 is 3.37. The Morgan fingerprint density at radius 3 is 2.65 bits per heavy atom. The molecule has 0 amide bonds. The molecule has 102 valence electrons. The molecule has 0 saturated carbocycles. The SMILES string of the molecule is CSc1cc(Br)cc2c1nc(C)n2Cc1ccccc1. The number of aromatic nitrogens is 2. The predicted octanol–water partition coefficient (Wildman–Crippen LogP) is 4.88. The summed E-state index contributed by atoms with van der Waals surface area (Å²) in [4.78, 5) is 5.95. The van der Waals surface area contributed by atoms with Crippen molar-refractivity contribution in [2.24, 2.45) is 0 Å². The lowest BCUT2D eigenvalue weighted by molar-refractivity contribution is 0.786. The zero-order valence-electron chi connectivity index (χ0n) is 11.4. The number of nitrogens with zero attached hydrogens (tertiary/aromatic N) is 2. The zero-order valence-corrected chi connectivity index (χ0v) is 13.8. The van der Waals surface area contributed by atoms with Crippen molar-refractivity contribution < 1.29 is 0 Å². The van der Waals surface area contributed by atoms with Crippen LogP contribution >= 0.6 is 27.7 Å². The lowest BCUT2D eigenvalue weighted by atomic mass is 10.2. The molecule has 3 rings (SSSR count). The van der Waals surface area contributed by atoms with Gasteiger partial charge in [-0.25, -0.2) is 4.98 Å². The topological polar surface area (TPSA) is 17.8 Å².